The molecule has 2 fully saturated rings. The third-order valence-electron chi connectivity index (χ3n) is 6.66. The fraction of sp³-hybridized carbons (Fsp3) is 0.500. The average Bonchev–Trinajstić information content (AvgIpc) is 2.95. The summed E-state index contributed by atoms with van der Waals surface area (Å²) in [6, 6.07) is 10.2. The Morgan fingerprint density at radius 1 is 1.05 bits per heavy atom. The van der Waals surface area contributed by atoms with Crippen LogP contribution in [-0.4, -0.2) is 118 Å². The average molecular weight is 577 g/mol. The normalized spacial score (nSPS) is 18.7. The third-order valence-corrected chi connectivity index (χ3v) is 8.48. The van der Waals surface area contributed by atoms with Crippen LogP contribution in [-0.2, 0) is 19.5 Å². The molecule has 1 atom stereocenters. The molecule has 0 radical (unpaired) electrons. The van der Waals surface area contributed by atoms with E-state index in [0.717, 1.165) is 43.2 Å². The highest BCUT2D eigenvalue weighted by atomic mass is 32.2. The number of nitrogens with zero attached hydrogens (tertiary/aromatic N) is 6. The van der Waals surface area contributed by atoms with Gasteiger partial charge in [-0.05, 0) is 32.3 Å². The number of hydrogen-bond acceptors (Lipinski definition) is 10. The summed E-state index contributed by atoms with van der Waals surface area (Å²) in [6.07, 6.45) is 2.82. The number of pyridine rings is 1. The Labute approximate surface area is 236 Å². The zero-order valence-corrected chi connectivity index (χ0v) is 24.1. The van der Waals surface area contributed by atoms with Crippen LogP contribution in [0, 0.1) is 0 Å². The summed E-state index contributed by atoms with van der Waals surface area (Å²) in [4.78, 5) is 17.8. The smallest absolute Gasteiger partial charge is 0.242 e. The summed E-state index contributed by atoms with van der Waals surface area (Å²) in [5.41, 5.74) is 4.02. The Bertz CT molecular complexity index is 1340. The number of sulfonamides is 1. The Kier molecular flexibility index (Phi) is 9.96. The van der Waals surface area contributed by atoms with Crippen molar-refractivity contribution in [2.75, 3.05) is 83.9 Å². The molecule has 2 aromatic heterocycles. The SMILES string of the molecule is CN(C)CCS(=O)(=O)N1CCO[C@H](COc2nc(-c3ccc(N4CCOCC4)cc3)cc3nccnc23)C1.S. The lowest BCUT2D eigenvalue weighted by molar-refractivity contribution is -0.0254. The molecule has 3 aromatic rings. The first kappa shape index (κ1) is 29.4. The van der Waals surface area contributed by atoms with Crippen molar-refractivity contribution in [1.82, 2.24) is 24.2 Å². The molecule has 0 amide bonds. The van der Waals surface area contributed by atoms with Gasteiger partial charge in [0.2, 0.25) is 15.9 Å². The minimum atomic E-state index is -3.38. The van der Waals surface area contributed by atoms with E-state index in [0.29, 0.717) is 36.6 Å². The van der Waals surface area contributed by atoms with E-state index in [2.05, 4.69) is 27.0 Å². The van der Waals surface area contributed by atoms with Crippen LogP contribution in [0.4, 0.5) is 5.69 Å². The van der Waals surface area contributed by atoms with Crippen molar-refractivity contribution in [2.24, 2.45) is 0 Å². The summed E-state index contributed by atoms with van der Waals surface area (Å²) < 4.78 is 44.4. The lowest BCUT2D eigenvalue weighted by Crippen LogP contribution is -2.49. The summed E-state index contributed by atoms with van der Waals surface area (Å²) in [5, 5.41) is 0. The molecule has 0 bridgehead atoms. The molecule has 0 spiro atoms. The summed E-state index contributed by atoms with van der Waals surface area (Å²) in [6.45, 7) is 4.73. The minimum Gasteiger partial charge on any atom is -0.473 e. The minimum absolute atomic E-state index is 0. The number of aromatic nitrogens is 3. The lowest BCUT2D eigenvalue weighted by Gasteiger charge is -2.32. The van der Waals surface area contributed by atoms with Gasteiger partial charge >= 0.3 is 0 Å². The van der Waals surface area contributed by atoms with Gasteiger partial charge < -0.3 is 24.0 Å². The number of morpholine rings is 2. The van der Waals surface area contributed by atoms with Crippen LogP contribution in [0.2, 0.25) is 0 Å². The molecule has 13 heteroatoms. The molecule has 2 aliphatic heterocycles. The summed E-state index contributed by atoms with van der Waals surface area (Å²) >= 11 is 0. The molecule has 0 unspecified atom stereocenters. The van der Waals surface area contributed by atoms with Crippen LogP contribution >= 0.6 is 13.5 Å². The second-order valence-corrected chi connectivity index (χ2v) is 11.8. The molecule has 11 nitrogen and oxygen atoms in total. The van der Waals surface area contributed by atoms with Gasteiger partial charge in [0.05, 0.1) is 36.8 Å². The molecule has 2 aliphatic rings. The number of rotatable bonds is 9. The molecular weight excluding hydrogens is 540 g/mol. The van der Waals surface area contributed by atoms with Crippen LogP contribution in [0.25, 0.3) is 22.3 Å². The van der Waals surface area contributed by atoms with Gasteiger partial charge in [0.15, 0.2) is 5.52 Å². The van der Waals surface area contributed by atoms with Crippen LogP contribution in [0.5, 0.6) is 5.88 Å². The number of anilines is 1. The Hall–Kier alpha value is -2.55. The number of fused-ring (bicyclic) bond motifs is 1. The maximum absolute atomic E-state index is 12.8. The number of benzene rings is 1. The predicted molar refractivity (Wildman–Crippen MR) is 155 cm³/mol. The molecule has 1 aromatic carbocycles. The molecule has 39 heavy (non-hydrogen) atoms. The monoisotopic (exact) mass is 576 g/mol. The largest absolute Gasteiger partial charge is 0.473 e. The Morgan fingerprint density at radius 2 is 1.79 bits per heavy atom. The first-order valence-corrected chi connectivity index (χ1v) is 14.4. The van der Waals surface area contributed by atoms with Gasteiger partial charge in [-0.25, -0.2) is 18.4 Å². The molecule has 0 N–H and O–H groups in total. The van der Waals surface area contributed by atoms with Crippen LogP contribution in [0.3, 0.4) is 0 Å². The maximum atomic E-state index is 12.8. The quantitative estimate of drug-likeness (QED) is 0.373. The van der Waals surface area contributed by atoms with Gasteiger partial charge in [0.1, 0.15) is 12.7 Å². The number of ether oxygens (including phenoxy) is 3. The zero-order chi connectivity index (χ0) is 26.5. The van der Waals surface area contributed by atoms with Crippen molar-refractivity contribution >= 4 is 40.2 Å². The maximum Gasteiger partial charge on any atom is 0.242 e. The fourth-order valence-corrected chi connectivity index (χ4v) is 6.10. The fourth-order valence-electron chi connectivity index (χ4n) is 4.50. The zero-order valence-electron chi connectivity index (χ0n) is 22.3. The topological polar surface area (TPSA) is 110 Å². The van der Waals surface area contributed by atoms with E-state index >= 15 is 0 Å². The Morgan fingerprint density at radius 3 is 2.54 bits per heavy atom. The highest BCUT2D eigenvalue weighted by molar-refractivity contribution is 7.89. The standard InChI is InChI=1S/C26H34N6O5S.H2S/c1-30(2)12-16-38(33,34)32-11-15-36-22(18-32)19-37-26-25-24(27-7-8-28-25)17-23(29-26)20-3-5-21(6-4-20)31-9-13-35-14-10-31;/h3-8,17,22H,9-16,18-19H2,1-2H3;1H2/t22-;/m0./s1. The highest BCUT2D eigenvalue weighted by Gasteiger charge is 2.30. The second kappa shape index (κ2) is 13.2. The second-order valence-electron chi connectivity index (χ2n) is 9.66. The van der Waals surface area contributed by atoms with Crippen molar-refractivity contribution < 1.29 is 22.6 Å². The molecule has 0 aliphatic carbocycles. The highest BCUT2D eigenvalue weighted by Crippen LogP contribution is 2.29. The molecule has 212 valence electrons. The van der Waals surface area contributed by atoms with Gasteiger partial charge in [-0.2, -0.15) is 17.8 Å². The van der Waals surface area contributed by atoms with Crippen molar-refractivity contribution in [2.45, 2.75) is 6.10 Å². The van der Waals surface area contributed by atoms with Crippen molar-refractivity contribution in [3.63, 3.8) is 0 Å². The molecule has 5 rings (SSSR count). The van der Waals surface area contributed by atoms with Crippen molar-refractivity contribution in [3.05, 3.63) is 42.7 Å². The molecule has 0 saturated carbocycles. The third kappa shape index (κ3) is 7.35. The first-order chi connectivity index (χ1) is 18.4. The van der Waals surface area contributed by atoms with Crippen LogP contribution in [0.1, 0.15) is 0 Å². The van der Waals surface area contributed by atoms with Gasteiger partial charge in [0.25, 0.3) is 0 Å². The lowest BCUT2D eigenvalue weighted by atomic mass is 10.1. The van der Waals surface area contributed by atoms with E-state index in [-0.39, 0.29) is 32.4 Å². The summed E-state index contributed by atoms with van der Waals surface area (Å²) in [5.74, 6) is 0.418. The van der Waals surface area contributed by atoms with Gasteiger partial charge in [-0.1, -0.05) is 12.1 Å². The van der Waals surface area contributed by atoms with E-state index in [1.807, 2.05) is 37.2 Å². The van der Waals surface area contributed by atoms with Gasteiger partial charge in [0, 0.05) is 56.4 Å². The van der Waals surface area contributed by atoms with Crippen LogP contribution < -0.4 is 9.64 Å². The molecular formula is C26H36N6O5S2. The number of hydrogen-bond donors (Lipinski definition) is 0. The van der Waals surface area contributed by atoms with E-state index in [9.17, 15) is 8.42 Å². The predicted octanol–water partition coefficient (Wildman–Crippen LogP) is 1.61. The van der Waals surface area contributed by atoms with E-state index in [4.69, 9.17) is 19.2 Å². The molecule has 2 saturated heterocycles. The van der Waals surface area contributed by atoms with Gasteiger partial charge in [-0.15, -0.1) is 0 Å². The van der Waals surface area contributed by atoms with E-state index in [1.54, 1.807) is 12.4 Å². The van der Waals surface area contributed by atoms with Crippen molar-refractivity contribution in [3.8, 4) is 17.1 Å². The van der Waals surface area contributed by atoms with Crippen molar-refractivity contribution in [1.29, 1.82) is 0 Å². The first-order valence-electron chi connectivity index (χ1n) is 12.8. The summed E-state index contributed by atoms with van der Waals surface area (Å²) in [7, 11) is 0.343. The van der Waals surface area contributed by atoms with Crippen LogP contribution in [0.15, 0.2) is 42.7 Å². The van der Waals surface area contributed by atoms with Gasteiger partial charge in [-0.3, -0.25) is 4.98 Å². The Balaban J connectivity index is 0.00000353. The van der Waals surface area contributed by atoms with E-state index in [1.165, 1.54) is 4.31 Å². The molecule has 4 heterocycles. The van der Waals surface area contributed by atoms with E-state index < -0.39 is 16.1 Å².